The highest BCUT2D eigenvalue weighted by Gasteiger charge is 2.51. The Morgan fingerprint density at radius 2 is 1.81 bits per heavy atom. The molecule has 8 heteroatoms. The zero-order valence-electron chi connectivity index (χ0n) is 19.4. The molecule has 0 unspecified atom stereocenters. The van der Waals surface area contributed by atoms with Crippen molar-refractivity contribution in [2.45, 2.75) is 65.3 Å². The van der Waals surface area contributed by atoms with Gasteiger partial charge in [0.25, 0.3) is 0 Å². The second-order valence-corrected chi connectivity index (χ2v) is 10.0. The third-order valence-corrected chi connectivity index (χ3v) is 6.37. The van der Waals surface area contributed by atoms with Gasteiger partial charge in [-0.1, -0.05) is 29.8 Å². The van der Waals surface area contributed by atoms with Crippen LogP contribution in [-0.4, -0.2) is 39.8 Å². The Kier molecular flexibility index (Phi) is 5.86. The second kappa shape index (κ2) is 8.21. The van der Waals surface area contributed by atoms with Crippen LogP contribution in [0.3, 0.4) is 0 Å². The van der Waals surface area contributed by atoms with E-state index in [1.807, 2.05) is 88.6 Å². The lowest BCUT2D eigenvalue weighted by Gasteiger charge is -2.32. The molecule has 0 saturated carbocycles. The number of nitrogens with one attached hydrogen (secondary N) is 1. The highest BCUT2D eigenvalue weighted by molar-refractivity contribution is 6.62. The smallest absolute Gasteiger partial charge is 0.399 e. The van der Waals surface area contributed by atoms with E-state index in [1.54, 1.807) is 0 Å². The first-order valence-corrected chi connectivity index (χ1v) is 11.3. The molecule has 0 aliphatic carbocycles. The first-order chi connectivity index (χ1) is 15.0. The van der Waals surface area contributed by atoms with Crippen molar-refractivity contribution in [2.75, 3.05) is 0 Å². The number of nitrogens with zero attached hydrogens (tertiary/aromatic N) is 2. The third kappa shape index (κ3) is 4.29. The second-order valence-electron chi connectivity index (χ2n) is 9.59. The Hall–Kier alpha value is -2.35. The predicted octanol–water partition coefficient (Wildman–Crippen LogP) is 4.18. The van der Waals surface area contributed by atoms with Gasteiger partial charge in [0.1, 0.15) is 12.4 Å². The average molecular weight is 454 g/mol. The minimum atomic E-state index is -0.478. The molecular formula is C24H29BClN3O3. The first-order valence-electron chi connectivity index (χ1n) is 10.9. The van der Waals surface area contributed by atoms with Crippen molar-refractivity contribution in [2.24, 2.45) is 0 Å². The molecule has 1 N–H and O–H groups in total. The number of fused-ring (bicyclic) bond motifs is 1. The van der Waals surface area contributed by atoms with Gasteiger partial charge in [0.15, 0.2) is 0 Å². The van der Waals surface area contributed by atoms with Gasteiger partial charge in [0.05, 0.1) is 22.2 Å². The Morgan fingerprint density at radius 1 is 1.12 bits per heavy atom. The number of amides is 1. The van der Waals surface area contributed by atoms with Crippen LogP contribution >= 0.6 is 11.6 Å². The largest absolute Gasteiger partial charge is 0.494 e. The number of benzene rings is 2. The van der Waals surface area contributed by atoms with E-state index in [2.05, 4.69) is 5.32 Å². The fourth-order valence-electron chi connectivity index (χ4n) is 3.79. The molecule has 1 saturated heterocycles. The van der Waals surface area contributed by atoms with Gasteiger partial charge in [-0.25, -0.2) is 4.98 Å². The van der Waals surface area contributed by atoms with Crippen LogP contribution in [0.5, 0.6) is 0 Å². The minimum absolute atomic E-state index is 0.0573. The summed E-state index contributed by atoms with van der Waals surface area (Å²) in [5.41, 5.74) is 2.52. The predicted molar refractivity (Wildman–Crippen MR) is 129 cm³/mol. The van der Waals surface area contributed by atoms with Crippen molar-refractivity contribution in [3.8, 4) is 11.4 Å². The number of hydrogen-bond acceptors (Lipinski definition) is 4. The van der Waals surface area contributed by atoms with Gasteiger partial charge in [0.2, 0.25) is 5.91 Å². The van der Waals surface area contributed by atoms with Crippen molar-refractivity contribution in [1.82, 2.24) is 14.9 Å². The van der Waals surface area contributed by atoms with Crippen LogP contribution in [0, 0.1) is 0 Å². The summed E-state index contributed by atoms with van der Waals surface area (Å²) in [6.07, 6.45) is 0. The third-order valence-electron chi connectivity index (χ3n) is 6.13. The van der Waals surface area contributed by atoms with Gasteiger partial charge in [-0.2, -0.15) is 0 Å². The lowest BCUT2D eigenvalue weighted by molar-refractivity contribution is -0.122. The van der Waals surface area contributed by atoms with E-state index in [0.29, 0.717) is 10.8 Å². The van der Waals surface area contributed by atoms with Crippen LogP contribution in [0.25, 0.3) is 22.4 Å². The Morgan fingerprint density at radius 3 is 2.44 bits per heavy atom. The summed E-state index contributed by atoms with van der Waals surface area (Å²) >= 11 is 6.24. The summed E-state index contributed by atoms with van der Waals surface area (Å²) in [6, 6.07) is 13.5. The maximum atomic E-state index is 12.6. The van der Waals surface area contributed by atoms with Crippen LogP contribution < -0.4 is 10.8 Å². The maximum absolute atomic E-state index is 12.6. The summed E-state index contributed by atoms with van der Waals surface area (Å²) in [4.78, 5) is 17.5. The Labute approximate surface area is 194 Å². The van der Waals surface area contributed by atoms with E-state index < -0.39 is 18.3 Å². The quantitative estimate of drug-likeness (QED) is 0.589. The summed E-state index contributed by atoms with van der Waals surface area (Å²) in [7, 11) is -0.478. The lowest BCUT2D eigenvalue weighted by Crippen LogP contribution is -2.41. The fraction of sp³-hybridized carbons (Fsp3) is 0.417. The molecule has 4 rings (SSSR count). The van der Waals surface area contributed by atoms with Crippen LogP contribution in [0.4, 0.5) is 0 Å². The maximum Gasteiger partial charge on any atom is 0.494 e. The number of aromatic nitrogens is 2. The van der Waals surface area contributed by atoms with Gasteiger partial charge < -0.3 is 19.2 Å². The molecule has 0 spiro atoms. The summed E-state index contributed by atoms with van der Waals surface area (Å²) in [5, 5.41) is 3.57. The topological polar surface area (TPSA) is 65.4 Å². The Balaban J connectivity index is 1.78. The molecule has 2 aromatic carbocycles. The molecular weight excluding hydrogens is 425 g/mol. The molecule has 168 valence electrons. The first kappa shape index (κ1) is 22.8. The molecule has 2 heterocycles. The minimum Gasteiger partial charge on any atom is -0.399 e. The number of rotatable bonds is 5. The van der Waals surface area contributed by atoms with Crippen molar-refractivity contribution in [1.29, 1.82) is 0 Å². The monoisotopic (exact) mass is 453 g/mol. The van der Waals surface area contributed by atoms with E-state index in [0.717, 1.165) is 22.1 Å². The zero-order valence-corrected chi connectivity index (χ0v) is 20.2. The highest BCUT2D eigenvalue weighted by Crippen LogP contribution is 2.36. The van der Waals surface area contributed by atoms with Gasteiger partial charge in [-0.15, -0.1) is 0 Å². The molecule has 32 heavy (non-hydrogen) atoms. The SMILES string of the molecule is CC(C)NC(=O)Cn1c(-c2cccc(Cl)c2)nc2cc(B3OC(C)(C)C(C)(C)O3)ccc21. The number of imidazole rings is 1. The van der Waals surface area contributed by atoms with E-state index >= 15 is 0 Å². The summed E-state index contributed by atoms with van der Waals surface area (Å²) < 4.78 is 14.3. The molecule has 0 atom stereocenters. The average Bonchev–Trinajstić information content (AvgIpc) is 3.14. The summed E-state index contributed by atoms with van der Waals surface area (Å²) in [5.74, 6) is 0.616. The van der Waals surface area contributed by atoms with Crippen LogP contribution in [-0.2, 0) is 20.6 Å². The molecule has 6 nitrogen and oxygen atoms in total. The fourth-order valence-corrected chi connectivity index (χ4v) is 3.98. The molecule has 1 aliphatic heterocycles. The number of carbonyl (C=O) groups is 1. The summed E-state index contributed by atoms with van der Waals surface area (Å²) in [6.45, 7) is 12.2. The van der Waals surface area contributed by atoms with Crippen LogP contribution in [0.15, 0.2) is 42.5 Å². The van der Waals surface area contributed by atoms with Crippen molar-refractivity contribution in [3.05, 3.63) is 47.5 Å². The zero-order chi connectivity index (χ0) is 23.3. The Bertz CT molecular complexity index is 1160. The van der Waals surface area contributed by atoms with E-state index in [-0.39, 0.29) is 18.5 Å². The standard InChI is InChI=1S/C24H29BClN3O3/c1-15(2)27-21(30)14-29-20-11-10-17(25-31-23(3,4)24(5,6)32-25)13-19(20)28-22(29)16-8-7-9-18(26)12-16/h7-13,15H,14H2,1-6H3,(H,27,30). The molecule has 1 fully saturated rings. The van der Waals surface area contributed by atoms with E-state index in [4.69, 9.17) is 25.9 Å². The molecule has 1 amide bonds. The lowest BCUT2D eigenvalue weighted by atomic mass is 9.79. The highest BCUT2D eigenvalue weighted by atomic mass is 35.5. The van der Waals surface area contributed by atoms with Gasteiger partial charge in [-0.3, -0.25) is 4.79 Å². The molecule has 0 radical (unpaired) electrons. The number of halogens is 1. The normalized spacial score (nSPS) is 17.3. The van der Waals surface area contributed by atoms with Crippen LogP contribution in [0.1, 0.15) is 41.5 Å². The molecule has 3 aromatic rings. The van der Waals surface area contributed by atoms with Gasteiger partial charge in [0, 0.05) is 16.6 Å². The van der Waals surface area contributed by atoms with Gasteiger partial charge >= 0.3 is 7.12 Å². The van der Waals surface area contributed by atoms with Crippen LogP contribution in [0.2, 0.25) is 5.02 Å². The number of hydrogen-bond donors (Lipinski definition) is 1. The van der Waals surface area contributed by atoms with E-state index in [9.17, 15) is 4.79 Å². The number of carbonyl (C=O) groups excluding carboxylic acids is 1. The van der Waals surface area contributed by atoms with E-state index in [1.165, 1.54) is 0 Å². The molecule has 1 aliphatic rings. The molecule has 0 bridgehead atoms. The van der Waals surface area contributed by atoms with Crippen molar-refractivity contribution >= 4 is 41.1 Å². The van der Waals surface area contributed by atoms with Crippen molar-refractivity contribution < 1.29 is 14.1 Å². The van der Waals surface area contributed by atoms with Crippen molar-refractivity contribution in [3.63, 3.8) is 0 Å². The molecule has 1 aromatic heterocycles. The van der Waals surface area contributed by atoms with Gasteiger partial charge in [-0.05, 0) is 71.3 Å².